The predicted octanol–water partition coefficient (Wildman–Crippen LogP) is 2.87. The number of benzene rings is 1. The van der Waals surface area contributed by atoms with Crippen molar-refractivity contribution in [2.75, 3.05) is 0 Å². The van der Waals surface area contributed by atoms with Crippen LogP contribution in [-0.4, -0.2) is 15.0 Å². The third kappa shape index (κ3) is 1.74. The lowest BCUT2D eigenvalue weighted by Crippen LogP contribution is -1.99. The second kappa shape index (κ2) is 4.10. The van der Waals surface area contributed by atoms with Gasteiger partial charge in [-0.1, -0.05) is 18.2 Å². The number of aromatic nitrogens is 2. The van der Waals surface area contributed by atoms with Gasteiger partial charge in [-0.15, -0.1) is 0 Å². The highest BCUT2D eigenvalue weighted by atomic mass is 35.5. The zero-order valence-electron chi connectivity index (χ0n) is 9.07. The molecule has 4 heteroatoms. The molecular formula is C12H11ClN2O. The molecule has 1 aromatic carbocycles. The van der Waals surface area contributed by atoms with Crippen LogP contribution in [0.2, 0.25) is 0 Å². The molecule has 0 radical (unpaired) electrons. The Morgan fingerprint density at radius 1 is 1.25 bits per heavy atom. The van der Waals surface area contributed by atoms with Gasteiger partial charge in [-0.05, 0) is 37.6 Å². The summed E-state index contributed by atoms with van der Waals surface area (Å²) in [5.74, 6) is 0. The van der Waals surface area contributed by atoms with E-state index in [9.17, 15) is 4.79 Å². The van der Waals surface area contributed by atoms with Crippen LogP contribution in [0.4, 0.5) is 0 Å². The minimum absolute atomic E-state index is 0.461. The molecule has 2 rings (SSSR count). The van der Waals surface area contributed by atoms with Crippen molar-refractivity contribution < 1.29 is 4.79 Å². The van der Waals surface area contributed by atoms with Gasteiger partial charge in [0.15, 0.2) is 0 Å². The van der Waals surface area contributed by atoms with Crippen LogP contribution in [0.5, 0.6) is 0 Å². The lowest BCUT2D eigenvalue weighted by molar-refractivity contribution is 0.108. The SMILES string of the molecule is Cc1nn(-c2ccccc2)c(C)c1C(=O)Cl. The first-order valence-electron chi connectivity index (χ1n) is 4.92. The largest absolute Gasteiger partial charge is 0.275 e. The Morgan fingerprint density at radius 2 is 1.88 bits per heavy atom. The molecule has 0 aliphatic heterocycles. The van der Waals surface area contributed by atoms with Gasteiger partial charge in [-0.25, -0.2) is 4.68 Å². The van der Waals surface area contributed by atoms with E-state index in [1.807, 2.05) is 37.3 Å². The number of aryl methyl sites for hydroxylation is 1. The monoisotopic (exact) mass is 234 g/mol. The van der Waals surface area contributed by atoms with Gasteiger partial charge in [0.05, 0.1) is 22.6 Å². The summed E-state index contributed by atoms with van der Waals surface area (Å²) in [6.07, 6.45) is 0. The number of para-hydroxylation sites is 1. The van der Waals surface area contributed by atoms with Crippen molar-refractivity contribution in [3.63, 3.8) is 0 Å². The minimum Gasteiger partial charge on any atom is -0.275 e. The fraction of sp³-hybridized carbons (Fsp3) is 0.167. The summed E-state index contributed by atoms with van der Waals surface area (Å²) in [5, 5.41) is 3.85. The number of nitrogens with zero attached hydrogens (tertiary/aromatic N) is 2. The van der Waals surface area contributed by atoms with E-state index in [0.29, 0.717) is 11.3 Å². The Balaban J connectivity index is 2.61. The molecule has 0 saturated carbocycles. The van der Waals surface area contributed by atoms with E-state index in [-0.39, 0.29) is 0 Å². The van der Waals surface area contributed by atoms with Crippen molar-refractivity contribution >= 4 is 16.8 Å². The highest BCUT2D eigenvalue weighted by molar-refractivity contribution is 6.68. The molecule has 0 bridgehead atoms. The summed E-state index contributed by atoms with van der Waals surface area (Å²) in [4.78, 5) is 11.2. The van der Waals surface area contributed by atoms with Crippen LogP contribution in [-0.2, 0) is 0 Å². The summed E-state index contributed by atoms with van der Waals surface area (Å²) < 4.78 is 1.73. The molecule has 0 aliphatic rings. The maximum Gasteiger partial charge on any atom is 0.256 e. The van der Waals surface area contributed by atoms with Crippen molar-refractivity contribution in [3.05, 3.63) is 47.3 Å². The zero-order chi connectivity index (χ0) is 11.7. The summed E-state index contributed by atoms with van der Waals surface area (Å²) in [6.45, 7) is 3.62. The van der Waals surface area contributed by atoms with Crippen LogP contribution < -0.4 is 0 Å². The van der Waals surface area contributed by atoms with Crippen LogP contribution in [0, 0.1) is 13.8 Å². The Morgan fingerprint density at radius 3 is 2.38 bits per heavy atom. The van der Waals surface area contributed by atoms with E-state index in [0.717, 1.165) is 11.4 Å². The number of carbonyl (C=O) groups excluding carboxylic acids is 1. The topological polar surface area (TPSA) is 34.9 Å². The summed E-state index contributed by atoms with van der Waals surface area (Å²) >= 11 is 5.52. The quantitative estimate of drug-likeness (QED) is 0.749. The molecule has 0 aliphatic carbocycles. The first-order chi connectivity index (χ1) is 7.61. The molecule has 1 aromatic heterocycles. The molecule has 3 nitrogen and oxygen atoms in total. The van der Waals surface area contributed by atoms with E-state index >= 15 is 0 Å². The normalized spacial score (nSPS) is 10.4. The second-order valence-electron chi connectivity index (χ2n) is 3.57. The maximum absolute atomic E-state index is 11.2. The number of carbonyl (C=O) groups is 1. The smallest absolute Gasteiger partial charge is 0.256 e. The van der Waals surface area contributed by atoms with E-state index in [2.05, 4.69) is 5.10 Å². The Labute approximate surface area is 98.7 Å². The van der Waals surface area contributed by atoms with Crippen LogP contribution in [0.1, 0.15) is 21.7 Å². The minimum atomic E-state index is -0.461. The van der Waals surface area contributed by atoms with Crippen molar-refractivity contribution in [1.82, 2.24) is 9.78 Å². The van der Waals surface area contributed by atoms with E-state index in [4.69, 9.17) is 11.6 Å². The number of rotatable bonds is 2. The predicted molar refractivity (Wildman–Crippen MR) is 63.2 cm³/mol. The molecule has 0 spiro atoms. The molecule has 2 aromatic rings. The number of hydrogen-bond acceptors (Lipinski definition) is 2. The van der Waals surface area contributed by atoms with Gasteiger partial charge in [0.1, 0.15) is 0 Å². The standard InChI is InChI=1S/C12H11ClN2O/c1-8-11(12(13)16)9(2)15(14-8)10-6-4-3-5-7-10/h3-7H,1-2H3. The zero-order valence-corrected chi connectivity index (χ0v) is 9.82. The Bertz CT molecular complexity index is 531. The summed E-state index contributed by atoms with van der Waals surface area (Å²) in [6, 6.07) is 9.65. The maximum atomic E-state index is 11.2. The Kier molecular flexibility index (Phi) is 2.79. The third-order valence-electron chi connectivity index (χ3n) is 2.49. The molecule has 0 amide bonds. The highest BCUT2D eigenvalue weighted by Gasteiger charge is 2.17. The van der Waals surface area contributed by atoms with Crippen molar-refractivity contribution in [2.45, 2.75) is 13.8 Å². The first-order valence-corrected chi connectivity index (χ1v) is 5.30. The molecular weight excluding hydrogens is 224 g/mol. The van der Waals surface area contributed by atoms with Gasteiger partial charge in [-0.2, -0.15) is 5.10 Å². The average molecular weight is 235 g/mol. The Hall–Kier alpha value is -1.61. The number of halogens is 1. The van der Waals surface area contributed by atoms with Crippen molar-refractivity contribution in [1.29, 1.82) is 0 Å². The number of hydrogen-bond donors (Lipinski definition) is 0. The fourth-order valence-corrected chi connectivity index (χ4v) is 2.02. The van der Waals surface area contributed by atoms with Crippen LogP contribution >= 0.6 is 11.6 Å². The molecule has 0 saturated heterocycles. The second-order valence-corrected chi connectivity index (χ2v) is 3.91. The molecule has 82 valence electrons. The molecule has 0 fully saturated rings. The van der Waals surface area contributed by atoms with Gasteiger partial charge in [-0.3, -0.25) is 4.79 Å². The van der Waals surface area contributed by atoms with Gasteiger partial charge < -0.3 is 0 Å². The lowest BCUT2D eigenvalue weighted by atomic mass is 10.2. The van der Waals surface area contributed by atoms with Crippen LogP contribution in [0.3, 0.4) is 0 Å². The molecule has 0 N–H and O–H groups in total. The summed E-state index contributed by atoms with van der Waals surface area (Å²) in [5.41, 5.74) is 2.84. The molecule has 0 unspecified atom stereocenters. The highest BCUT2D eigenvalue weighted by Crippen LogP contribution is 2.19. The van der Waals surface area contributed by atoms with Gasteiger partial charge in [0.25, 0.3) is 5.24 Å². The first kappa shape index (κ1) is 10.9. The fourth-order valence-electron chi connectivity index (χ4n) is 1.75. The molecule has 1 heterocycles. The summed E-state index contributed by atoms with van der Waals surface area (Å²) in [7, 11) is 0. The van der Waals surface area contributed by atoms with E-state index in [1.54, 1.807) is 11.6 Å². The average Bonchev–Trinajstić information content (AvgIpc) is 2.55. The molecule has 16 heavy (non-hydrogen) atoms. The third-order valence-corrected chi connectivity index (χ3v) is 2.68. The van der Waals surface area contributed by atoms with Gasteiger partial charge >= 0.3 is 0 Å². The van der Waals surface area contributed by atoms with Gasteiger partial charge in [0.2, 0.25) is 0 Å². The lowest BCUT2D eigenvalue weighted by Gasteiger charge is -2.03. The van der Waals surface area contributed by atoms with Crippen LogP contribution in [0.25, 0.3) is 5.69 Å². The van der Waals surface area contributed by atoms with Crippen molar-refractivity contribution in [2.24, 2.45) is 0 Å². The van der Waals surface area contributed by atoms with Crippen LogP contribution in [0.15, 0.2) is 30.3 Å². The van der Waals surface area contributed by atoms with E-state index < -0.39 is 5.24 Å². The van der Waals surface area contributed by atoms with Crippen molar-refractivity contribution in [3.8, 4) is 5.69 Å². The molecule has 0 atom stereocenters. The van der Waals surface area contributed by atoms with E-state index in [1.165, 1.54) is 0 Å². The van der Waals surface area contributed by atoms with Gasteiger partial charge in [0, 0.05) is 0 Å².